The molecule has 0 spiro atoms. The van der Waals surface area contributed by atoms with Crippen LogP contribution in [-0.2, 0) is 15.0 Å². The molecule has 0 saturated heterocycles. The van der Waals surface area contributed by atoms with Gasteiger partial charge in [-0.1, -0.05) is 46.8 Å². The highest BCUT2D eigenvalue weighted by molar-refractivity contribution is 6.04. The topological polar surface area (TPSA) is 145 Å². The number of rotatable bonds is 8. The summed E-state index contributed by atoms with van der Waals surface area (Å²) in [5, 5.41) is 21.0. The van der Waals surface area contributed by atoms with Crippen LogP contribution in [0.5, 0.6) is 11.5 Å². The Morgan fingerprint density at radius 3 is 2.15 bits per heavy atom. The Bertz CT molecular complexity index is 1280. The molecule has 0 aliphatic heterocycles. The molecule has 40 heavy (non-hydrogen) atoms. The molecule has 0 saturated carbocycles. The van der Waals surface area contributed by atoms with E-state index < -0.39 is 5.91 Å². The van der Waals surface area contributed by atoms with Gasteiger partial charge in [0.15, 0.2) is 5.69 Å². The molecule has 0 fully saturated rings. The number of aromatic nitrogens is 3. The van der Waals surface area contributed by atoms with Crippen LogP contribution in [0.4, 0.5) is 11.4 Å². The predicted octanol–water partition coefficient (Wildman–Crippen LogP) is 5.61. The average molecular weight is 556 g/mol. The zero-order chi connectivity index (χ0) is 30.5. The number of carbonyl (C=O) groups excluding carboxylic acids is 2. The van der Waals surface area contributed by atoms with Crippen LogP contribution in [0, 0.1) is 6.92 Å². The number of benzene rings is 2. The minimum atomic E-state index is -0.410. The summed E-state index contributed by atoms with van der Waals surface area (Å²) in [6, 6.07) is 10.9. The van der Waals surface area contributed by atoms with Crippen LogP contribution >= 0.6 is 0 Å². The summed E-state index contributed by atoms with van der Waals surface area (Å²) in [4.78, 5) is 33.7. The van der Waals surface area contributed by atoms with E-state index in [9.17, 15) is 9.59 Å². The van der Waals surface area contributed by atoms with Crippen LogP contribution in [0.15, 0.2) is 36.4 Å². The van der Waals surface area contributed by atoms with E-state index >= 15 is 0 Å². The maximum absolute atomic E-state index is 13.2. The van der Waals surface area contributed by atoms with Gasteiger partial charge in [0.2, 0.25) is 5.91 Å². The average Bonchev–Trinajstić information content (AvgIpc) is 3.30. The lowest BCUT2D eigenvalue weighted by atomic mass is 9.86. The lowest BCUT2D eigenvalue weighted by Crippen LogP contribution is -2.18. The van der Waals surface area contributed by atoms with Gasteiger partial charge in [-0.2, -0.15) is 0 Å². The lowest BCUT2D eigenvalue weighted by Gasteiger charge is -2.21. The Morgan fingerprint density at radius 2 is 1.62 bits per heavy atom. The number of carbonyl (C=O) groups is 3. The van der Waals surface area contributed by atoms with E-state index in [-0.39, 0.29) is 23.5 Å². The number of anilines is 2. The van der Waals surface area contributed by atoms with E-state index in [4.69, 9.17) is 19.4 Å². The maximum atomic E-state index is 13.2. The second-order valence-electron chi connectivity index (χ2n) is 9.38. The van der Waals surface area contributed by atoms with Crippen molar-refractivity contribution in [3.05, 3.63) is 53.3 Å². The van der Waals surface area contributed by atoms with Crippen LogP contribution in [0.2, 0.25) is 0 Å². The number of amides is 2. The third kappa shape index (κ3) is 9.11. The number of nitrogens with one attached hydrogen (secondary N) is 2. The zero-order valence-electron chi connectivity index (χ0n) is 24.8. The van der Waals surface area contributed by atoms with Gasteiger partial charge in [-0.25, -0.2) is 4.68 Å². The van der Waals surface area contributed by atoms with Crippen LogP contribution in [0.25, 0.3) is 5.69 Å². The minimum Gasteiger partial charge on any atom is -0.497 e. The third-order valence-electron chi connectivity index (χ3n) is 5.54. The van der Waals surface area contributed by atoms with Gasteiger partial charge in [0, 0.05) is 23.9 Å². The predicted molar refractivity (Wildman–Crippen MR) is 156 cm³/mol. The fraction of sp³-hybridized carbons (Fsp3) is 0.414. The Labute approximate surface area is 235 Å². The van der Waals surface area contributed by atoms with E-state index in [0.717, 1.165) is 12.0 Å². The van der Waals surface area contributed by atoms with Gasteiger partial charge in [0.1, 0.15) is 17.2 Å². The van der Waals surface area contributed by atoms with Crippen molar-refractivity contribution in [3.63, 3.8) is 0 Å². The van der Waals surface area contributed by atoms with Gasteiger partial charge in [0.25, 0.3) is 12.4 Å². The number of carboxylic acid groups (broad SMARTS) is 1. The molecular weight excluding hydrogens is 514 g/mol. The molecule has 11 nitrogen and oxygen atoms in total. The van der Waals surface area contributed by atoms with Crippen molar-refractivity contribution in [3.8, 4) is 17.2 Å². The van der Waals surface area contributed by atoms with Crippen molar-refractivity contribution in [1.29, 1.82) is 0 Å². The monoisotopic (exact) mass is 555 g/mol. The summed E-state index contributed by atoms with van der Waals surface area (Å²) in [7, 11) is 3.13. The summed E-state index contributed by atoms with van der Waals surface area (Å²) in [6.07, 6.45) is 1.18. The Hall–Kier alpha value is -4.41. The van der Waals surface area contributed by atoms with E-state index in [2.05, 4.69) is 41.7 Å². The standard InChI is InChI=1S/C26H33N5O4.C2H6.CH2O2/c1-8-9-23(32)27-18-12-17(26(3,4)5)13-19(14-18)28-25(33)24-16(2)31(30-29-24)21-15-20(34-6)10-11-22(21)35-7;1-2;2-1-3/h10-15H,8-9H2,1-7H3,(H,27,32)(H,28,33);1-2H3;1H,(H,2,3). The van der Waals surface area contributed by atoms with Gasteiger partial charge in [-0.3, -0.25) is 14.4 Å². The van der Waals surface area contributed by atoms with Gasteiger partial charge in [0.05, 0.1) is 19.9 Å². The molecule has 1 heterocycles. The summed E-state index contributed by atoms with van der Waals surface area (Å²) in [5.41, 5.74) is 3.29. The second kappa shape index (κ2) is 15.9. The summed E-state index contributed by atoms with van der Waals surface area (Å²) in [6.45, 7) is 13.7. The van der Waals surface area contributed by atoms with E-state index in [1.54, 1.807) is 45.4 Å². The first kappa shape index (κ1) is 33.6. The molecule has 218 valence electrons. The lowest BCUT2D eigenvalue weighted by molar-refractivity contribution is -0.123. The van der Waals surface area contributed by atoms with Crippen molar-refractivity contribution in [2.24, 2.45) is 0 Å². The fourth-order valence-corrected chi connectivity index (χ4v) is 3.58. The summed E-state index contributed by atoms with van der Waals surface area (Å²) >= 11 is 0. The smallest absolute Gasteiger partial charge is 0.290 e. The first-order chi connectivity index (χ1) is 19.0. The highest BCUT2D eigenvalue weighted by Crippen LogP contribution is 2.30. The molecular formula is C29H41N5O6. The molecule has 3 N–H and O–H groups in total. The zero-order valence-corrected chi connectivity index (χ0v) is 24.8. The van der Waals surface area contributed by atoms with Crippen LogP contribution in [-0.4, -0.2) is 52.6 Å². The SMILES string of the molecule is CC.CCCC(=O)Nc1cc(NC(=O)c2nnn(-c3cc(OC)ccc3OC)c2C)cc(C(C)(C)C)c1.O=CO. The molecule has 0 atom stereocenters. The maximum Gasteiger partial charge on any atom is 0.290 e. The first-order valence-electron chi connectivity index (χ1n) is 13.0. The normalized spacial score (nSPS) is 10.2. The molecule has 0 unspecified atom stereocenters. The quantitative estimate of drug-likeness (QED) is 0.304. The van der Waals surface area contributed by atoms with E-state index in [1.165, 1.54) is 4.68 Å². The Kier molecular flexibility index (Phi) is 13.3. The number of methoxy groups -OCH3 is 2. The van der Waals surface area contributed by atoms with Crippen LogP contribution in [0.3, 0.4) is 0 Å². The summed E-state index contributed by atoms with van der Waals surface area (Å²) < 4.78 is 12.3. The molecule has 1 aromatic heterocycles. The van der Waals surface area contributed by atoms with Crippen molar-refractivity contribution in [2.75, 3.05) is 24.9 Å². The van der Waals surface area contributed by atoms with Crippen molar-refractivity contribution in [1.82, 2.24) is 15.0 Å². The molecule has 3 rings (SSSR count). The van der Waals surface area contributed by atoms with E-state index in [1.807, 2.05) is 32.9 Å². The molecule has 0 radical (unpaired) electrons. The molecule has 0 aliphatic rings. The minimum absolute atomic E-state index is 0.0677. The van der Waals surface area contributed by atoms with Crippen LogP contribution < -0.4 is 20.1 Å². The third-order valence-corrected chi connectivity index (χ3v) is 5.54. The highest BCUT2D eigenvalue weighted by atomic mass is 16.5. The number of ether oxygens (including phenoxy) is 2. The number of hydrogen-bond acceptors (Lipinski definition) is 7. The van der Waals surface area contributed by atoms with Gasteiger partial charge in [-0.15, -0.1) is 5.10 Å². The number of nitrogens with zero attached hydrogens (tertiary/aromatic N) is 3. The van der Waals surface area contributed by atoms with E-state index in [0.29, 0.717) is 40.7 Å². The van der Waals surface area contributed by atoms with Crippen LogP contribution in [0.1, 0.15) is 76.1 Å². The highest BCUT2D eigenvalue weighted by Gasteiger charge is 2.22. The Balaban J connectivity index is 0.00000150. The summed E-state index contributed by atoms with van der Waals surface area (Å²) in [5.74, 6) is 0.712. The molecule has 2 amide bonds. The molecule has 0 aliphatic carbocycles. The molecule has 11 heteroatoms. The fourth-order valence-electron chi connectivity index (χ4n) is 3.58. The van der Waals surface area contributed by atoms with Gasteiger partial charge in [-0.05, 0) is 54.7 Å². The molecule has 2 aromatic carbocycles. The van der Waals surface area contributed by atoms with Crippen molar-refractivity contribution in [2.45, 2.75) is 66.7 Å². The van der Waals surface area contributed by atoms with Crippen molar-refractivity contribution >= 4 is 29.7 Å². The van der Waals surface area contributed by atoms with Crippen molar-refractivity contribution < 1.29 is 29.0 Å². The molecule has 3 aromatic rings. The number of hydrogen-bond donors (Lipinski definition) is 3. The van der Waals surface area contributed by atoms with Gasteiger partial charge >= 0.3 is 0 Å². The first-order valence-corrected chi connectivity index (χ1v) is 13.0. The van der Waals surface area contributed by atoms with Gasteiger partial charge < -0.3 is 25.2 Å². The second-order valence-corrected chi connectivity index (χ2v) is 9.38. The largest absolute Gasteiger partial charge is 0.497 e. The Morgan fingerprint density at radius 1 is 1.02 bits per heavy atom. The molecule has 0 bridgehead atoms.